The van der Waals surface area contributed by atoms with Crippen LogP contribution in [0.3, 0.4) is 0 Å². The molecule has 3 N–H and O–H groups in total. The van der Waals surface area contributed by atoms with E-state index < -0.39 is 8.32 Å². The monoisotopic (exact) mass is 603 g/mol. The molecule has 0 aliphatic heterocycles. The van der Waals surface area contributed by atoms with E-state index in [1.54, 1.807) is 4.52 Å². The van der Waals surface area contributed by atoms with E-state index in [1.165, 1.54) is 10.4 Å². The minimum atomic E-state index is -2.74. The average molecular weight is 604 g/mol. The Morgan fingerprint density at radius 1 is 0.977 bits per heavy atom. The van der Waals surface area contributed by atoms with Crippen molar-refractivity contribution in [3.05, 3.63) is 107 Å². The second-order valence-corrected chi connectivity index (χ2v) is 16.4. The molecular formula is C35H41N7OSi. The smallest absolute Gasteiger partial charge is 0.261 e. The maximum absolute atomic E-state index is 9.85. The van der Waals surface area contributed by atoms with Crippen LogP contribution >= 0.6 is 0 Å². The van der Waals surface area contributed by atoms with Gasteiger partial charge in [-0.1, -0.05) is 94.4 Å². The average Bonchev–Trinajstić information content (AvgIpc) is 3.35. The van der Waals surface area contributed by atoms with E-state index in [2.05, 4.69) is 112 Å². The van der Waals surface area contributed by atoms with Crippen LogP contribution in [-0.4, -0.2) is 34.4 Å². The van der Waals surface area contributed by atoms with Gasteiger partial charge in [0.2, 0.25) is 0 Å². The summed E-state index contributed by atoms with van der Waals surface area (Å²) in [6, 6.07) is 29.6. The largest absolute Gasteiger partial charge is 0.399 e. The SMILES string of the molecule is CCc1c(C)nn2c(N)c(C#N)c(NCCc3cccc(C(C)O[Si](c4ccccc4)(c4ccccc4)C(C)(C)C)n3)nc12. The van der Waals surface area contributed by atoms with Gasteiger partial charge in [0, 0.05) is 24.2 Å². The van der Waals surface area contributed by atoms with Crippen LogP contribution in [0.5, 0.6) is 0 Å². The summed E-state index contributed by atoms with van der Waals surface area (Å²) in [5, 5.41) is 20.0. The Morgan fingerprint density at radius 2 is 1.61 bits per heavy atom. The van der Waals surface area contributed by atoms with Crippen LogP contribution in [0.2, 0.25) is 5.04 Å². The van der Waals surface area contributed by atoms with Crippen LogP contribution in [0, 0.1) is 18.3 Å². The van der Waals surface area contributed by atoms with Crippen LogP contribution in [0.1, 0.15) is 68.9 Å². The van der Waals surface area contributed by atoms with Crippen LogP contribution < -0.4 is 21.4 Å². The van der Waals surface area contributed by atoms with E-state index in [0.29, 0.717) is 24.4 Å². The third kappa shape index (κ3) is 5.71. The first-order valence-electron chi connectivity index (χ1n) is 15.2. The highest BCUT2D eigenvalue weighted by Crippen LogP contribution is 2.39. The normalized spacial score (nSPS) is 12.7. The Morgan fingerprint density at radius 3 is 2.18 bits per heavy atom. The molecule has 0 fully saturated rings. The van der Waals surface area contributed by atoms with Crippen molar-refractivity contribution in [3.63, 3.8) is 0 Å². The molecule has 0 saturated heterocycles. The van der Waals surface area contributed by atoms with Crippen LogP contribution in [0.25, 0.3) is 5.65 Å². The summed E-state index contributed by atoms with van der Waals surface area (Å²) in [5.41, 5.74) is 11.0. The maximum atomic E-state index is 9.85. The number of nitrogen functional groups attached to an aromatic ring is 1. The Kier molecular flexibility index (Phi) is 8.86. The van der Waals surface area contributed by atoms with Gasteiger partial charge < -0.3 is 15.5 Å². The lowest BCUT2D eigenvalue weighted by Gasteiger charge is -2.44. The van der Waals surface area contributed by atoms with Crippen molar-refractivity contribution in [3.8, 4) is 6.07 Å². The summed E-state index contributed by atoms with van der Waals surface area (Å²) in [4.78, 5) is 9.78. The number of benzene rings is 2. The molecule has 0 bridgehead atoms. The van der Waals surface area contributed by atoms with Crippen molar-refractivity contribution in [2.75, 3.05) is 17.6 Å². The fourth-order valence-electron chi connectivity index (χ4n) is 6.06. The van der Waals surface area contributed by atoms with Crippen molar-refractivity contribution >= 4 is 36.0 Å². The van der Waals surface area contributed by atoms with Crippen molar-refractivity contribution in [2.24, 2.45) is 0 Å². The first-order chi connectivity index (χ1) is 21.1. The number of hydrogen-bond acceptors (Lipinski definition) is 7. The van der Waals surface area contributed by atoms with Gasteiger partial charge in [0.15, 0.2) is 5.65 Å². The number of hydrogen-bond donors (Lipinski definition) is 2. The van der Waals surface area contributed by atoms with Gasteiger partial charge in [0.25, 0.3) is 8.32 Å². The number of nitriles is 1. The van der Waals surface area contributed by atoms with Crippen LogP contribution in [0.15, 0.2) is 78.9 Å². The molecule has 0 radical (unpaired) electrons. The number of nitrogens with zero attached hydrogens (tertiary/aromatic N) is 5. The number of nitrogens with one attached hydrogen (secondary N) is 1. The van der Waals surface area contributed by atoms with Crippen molar-refractivity contribution < 1.29 is 4.43 Å². The fraction of sp³-hybridized carbons (Fsp3) is 0.314. The lowest BCUT2D eigenvalue weighted by molar-refractivity contribution is 0.206. The van der Waals surface area contributed by atoms with Gasteiger partial charge in [-0.3, -0.25) is 4.98 Å². The highest BCUT2D eigenvalue weighted by molar-refractivity contribution is 6.99. The van der Waals surface area contributed by atoms with Gasteiger partial charge in [0.05, 0.1) is 17.5 Å². The summed E-state index contributed by atoms with van der Waals surface area (Å²) in [5.74, 6) is 0.754. The number of aromatic nitrogens is 4. The van der Waals surface area contributed by atoms with Gasteiger partial charge in [0.1, 0.15) is 23.3 Å². The number of pyridine rings is 1. The third-order valence-corrected chi connectivity index (χ3v) is 13.4. The molecule has 2 aromatic carbocycles. The number of fused-ring (bicyclic) bond motifs is 1. The van der Waals surface area contributed by atoms with E-state index in [9.17, 15) is 5.26 Å². The molecule has 0 saturated carbocycles. The second-order valence-electron chi connectivity index (χ2n) is 12.1. The first kappa shape index (κ1) is 30.9. The molecule has 44 heavy (non-hydrogen) atoms. The predicted molar refractivity (Wildman–Crippen MR) is 180 cm³/mol. The third-order valence-electron chi connectivity index (χ3n) is 8.25. The molecule has 3 aromatic heterocycles. The standard InChI is InChI=1S/C35H41N7OSi/c1-7-29-24(2)41-42-32(37)30(23-36)33(40-34(29)42)38-22-21-26-15-14-20-31(39-26)25(3)43-44(35(4,5)6,27-16-10-8-11-17-27)28-18-12-9-13-19-28/h8-20,25H,7,21-22,37H2,1-6H3,(H,38,40). The minimum absolute atomic E-state index is 0.133. The van der Waals surface area contributed by atoms with Crippen LogP contribution in [0.4, 0.5) is 11.6 Å². The molecule has 0 spiro atoms. The zero-order valence-electron chi connectivity index (χ0n) is 26.4. The number of anilines is 2. The van der Waals surface area contributed by atoms with Crippen molar-refractivity contribution in [1.82, 2.24) is 19.6 Å². The summed E-state index contributed by atoms with van der Waals surface area (Å²) >= 11 is 0. The maximum Gasteiger partial charge on any atom is 0.261 e. The number of rotatable bonds is 10. The molecular weight excluding hydrogens is 563 g/mol. The van der Waals surface area contributed by atoms with Crippen molar-refractivity contribution in [1.29, 1.82) is 5.26 Å². The number of nitrogens with two attached hydrogens (primary N) is 1. The molecule has 0 aliphatic carbocycles. The first-order valence-corrected chi connectivity index (χ1v) is 17.1. The van der Waals surface area contributed by atoms with E-state index >= 15 is 0 Å². The van der Waals surface area contributed by atoms with Gasteiger partial charge in [-0.25, -0.2) is 4.98 Å². The molecule has 226 valence electrons. The van der Waals surface area contributed by atoms with E-state index in [0.717, 1.165) is 29.1 Å². The van der Waals surface area contributed by atoms with E-state index in [-0.39, 0.29) is 22.5 Å². The fourth-order valence-corrected chi connectivity index (χ4v) is 10.7. The van der Waals surface area contributed by atoms with Gasteiger partial charge >= 0.3 is 0 Å². The quantitative estimate of drug-likeness (QED) is 0.196. The summed E-state index contributed by atoms with van der Waals surface area (Å²) in [7, 11) is -2.74. The summed E-state index contributed by atoms with van der Waals surface area (Å²) < 4.78 is 8.86. The van der Waals surface area contributed by atoms with Crippen molar-refractivity contribution in [2.45, 2.75) is 65.5 Å². The van der Waals surface area contributed by atoms with E-state index in [4.69, 9.17) is 20.1 Å². The zero-order valence-corrected chi connectivity index (χ0v) is 27.4. The minimum Gasteiger partial charge on any atom is -0.399 e. The molecule has 1 unspecified atom stereocenters. The molecule has 1 atom stereocenters. The lowest BCUT2D eigenvalue weighted by atomic mass is 10.2. The van der Waals surface area contributed by atoms with Crippen LogP contribution in [-0.2, 0) is 17.3 Å². The van der Waals surface area contributed by atoms with E-state index in [1.807, 2.05) is 25.1 Å². The Hall–Kier alpha value is -4.52. The zero-order chi connectivity index (χ0) is 31.5. The highest BCUT2D eigenvalue weighted by atomic mass is 28.4. The Labute approximate surface area is 261 Å². The number of aryl methyl sites for hydroxylation is 2. The Balaban J connectivity index is 1.40. The Bertz CT molecular complexity index is 1750. The lowest BCUT2D eigenvalue weighted by Crippen LogP contribution is -2.66. The predicted octanol–water partition coefficient (Wildman–Crippen LogP) is 5.74. The topological polar surface area (TPSA) is 114 Å². The molecule has 8 nitrogen and oxygen atoms in total. The molecule has 3 heterocycles. The second kappa shape index (κ2) is 12.6. The highest BCUT2D eigenvalue weighted by Gasteiger charge is 2.51. The van der Waals surface area contributed by atoms with Gasteiger partial charge in [-0.2, -0.15) is 14.9 Å². The van der Waals surface area contributed by atoms with Gasteiger partial charge in [-0.05, 0) is 47.8 Å². The summed E-state index contributed by atoms with van der Waals surface area (Å²) in [6.45, 7) is 13.5. The molecule has 0 aliphatic rings. The summed E-state index contributed by atoms with van der Waals surface area (Å²) in [6.07, 6.45) is 1.18. The molecule has 0 amide bonds. The van der Waals surface area contributed by atoms with Gasteiger partial charge in [-0.15, -0.1) is 0 Å². The molecule has 9 heteroatoms. The molecule has 5 rings (SSSR count). The molecule has 5 aromatic rings.